The fraction of sp³-hybridized carbons (Fsp3) is 0.500. The van der Waals surface area contributed by atoms with Crippen LogP contribution in [-0.4, -0.2) is 21.0 Å². The third kappa shape index (κ3) is 2.85. The largest absolute Gasteiger partial charge is 0.330 e. The maximum absolute atomic E-state index is 12.2. The van der Waals surface area contributed by atoms with Crippen LogP contribution >= 0.6 is 11.6 Å². The van der Waals surface area contributed by atoms with Crippen LogP contribution in [0, 0.1) is 5.92 Å². The van der Waals surface area contributed by atoms with Crippen LogP contribution in [0.4, 0.5) is 0 Å². The zero-order valence-corrected chi connectivity index (χ0v) is 11.5. The van der Waals surface area contributed by atoms with Gasteiger partial charge in [-0.2, -0.15) is 0 Å². The Morgan fingerprint density at radius 1 is 1.33 bits per heavy atom. The second-order valence-electron chi connectivity index (χ2n) is 4.58. The normalized spacial score (nSPS) is 24.3. The third-order valence-corrected chi connectivity index (χ3v) is 5.38. The molecule has 2 unspecified atom stereocenters. The van der Waals surface area contributed by atoms with Gasteiger partial charge in [-0.05, 0) is 37.4 Å². The van der Waals surface area contributed by atoms with E-state index in [4.69, 9.17) is 17.3 Å². The zero-order chi connectivity index (χ0) is 13.2. The maximum Gasteiger partial charge on any atom is 0.242 e. The van der Waals surface area contributed by atoms with Crippen molar-refractivity contribution in [3.8, 4) is 0 Å². The number of benzene rings is 1. The summed E-state index contributed by atoms with van der Waals surface area (Å²) in [6.07, 6.45) is 2.83. The Morgan fingerprint density at radius 2 is 2.06 bits per heavy atom. The van der Waals surface area contributed by atoms with E-state index in [0.717, 1.165) is 19.3 Å². The van der Waals surface area contributed by atoms with Crippen LogP contribution in [0.1, 0.15) is 19.3 Å². The van der Waals surface area contributed by atoms with Gasteiger partial charge in [0.25, 0.3) is 0 Å². The minimum absolute atomic E-state index is 0.0729. The number of sulfonamides is 1. The number of rotatable bonds is 4. The Kier molecular flexibility index (Phi) is 4.27. The van der Waals surface area contributed by atoms with Crippen molar-refractivity contribution in [2.24, 2.45) is 11.7 Å². The molecule has 1 aromatic rings. The Balaban J connectivity index is 2.20. The topological polar surface area (TPSA) is 72.2 Å². The highest BCUT2D eigenvalue weighted by Gasteiger charge is 2.30. The average molecular weight is 289 g/mol. The summed E-state index contributed by atoms with van der Waals surface area (Å²) in [4.78, 5) is 0.134. The lowest BCUT2D eigenvalue weighted by Crippen LogP contribution is -2.39. The molecular weight excluding hydrogens is 272 g/mol. The van der Waals surface area contributed by atoms with Gasteiger partial charge in [-0.25, -0.2) is 13.1 Å². The summed E-state index contributed by atoms with van der Waals surface area (Å²) in [5, 5.41) is 0.243. The van der Waals surface area contributed by atoms with Crippen molar-refractivity contribution in [2.75, 3.05) is 6.54 Å². The minimum Gasteiger partial charge on any atom is -0.330 e. The molecule has 0 amide bonds. The molecule has 1 fully saturated rings. The van der Waals surface area contributed by atoms with Gasteiger partial charge in [0.2, 0.25) is 10.0 Å². The van der Waals surface area contributed by atoms with Crippen LogP contribution in [0.3, 0.4) is 0 Å². The summed E-state index contributed by atoms with van der Waals surface area (Å²) < 4.78 is 27.2. The van der Waals surface area contributed by atoms with Crippen molar-refractivity contribution in [1.82, 2.24) is 4.72 Å². The van der Waals surface area contributed by atoms with Gasteiger partial charge in [-0.3, -0.25) is 0 Å². The first kappa shape index (κ1) is 13.8. The molecule has 0 heterocycles. The van der Waals surface area contributed by atoms with Gasteiger partial charge in [0, 0.05) is 6.04 Å². The molecule has 0 bridgehead atoms. The van der Waals surface area contributed by atoms with Crippen LogP contribution in [-0.2, 0) is 10.0 Å². The first-order chi connectivity index (χ1) is 8.54. The quantitative estimate of drug-likeness (QED) is 0.886. The molecule has 100 valence electrons. The molecule has 4 nitrogen and oxygen atoms in total. The van der Waals surface area contributed by atoms with Crippen LogP contribution in [0.2, 0.25) is 5.02 Å². The van der Waals surface area contributed by atoms with Gasteiger partial charge < -0.3 is 5.73 Å². The molecule has 1 aromatic carbocycles. The molecule has 1 aliphatic carbocycles. The van der Waals surface area contributed by atoms with Gasteiger partial charge >= 0.3 is 0 Å². The molecule has 0 radical (unpaired) electrons. The van der Waals surface area contributed by atoms with Crippen molar-refractivity contribution in [3.63, 3.8) is 0 Å². The van der Waals surface area contributed by atoms with Crippen LogP contribution in [0.15, 0.2) is 29.2 Å². The highest BCUT2D eigenvalue weighted by Crippen LogP contribution is 2.27. The fourth-order valence-corrected chi connectivity index (χ4v) is 4.26. The Hall–Kier alpha value is -0.620. The number of hydrogen-bond acceptors (Lipinski definition) is 3. The predicted octanol–water partition coefficient (Wildman–Crippen LogP) is 1.75. The molecule has 18 heavy (non-hydrogen) atoms. The second kappa shape index (κ2) is 5.57. The smallest absolute Gasteiger partial charge is 0.242 e. The molecule has 0 aliphatic heterocycles. The standard InChI is InChI=1S/C12H17ClN2O2S/c13-10-5-1-2-7-12(10)18(16,17)15-11-6-3-4-9(11)8-14/h1-2,5,7,9,11,15H,3-4,6,8,14H2. The molecule has 3 N–H and O–H groups in total. The SMILES string of the molecule is NCC1CCCC1NS(=O)(=O)c1ccccc1Cl. The molecule has 2 atom stereocenters. The highest BCUT2D eigenvalue weighted by molar-refractivity contribution is 7.89. The van der Waals surface area contributed by atoms with E-state index < -0.39 is 10.0 Å². The molecule has 0 spiro atoms. The Labute approximate surface area is 113 Å². The molecule has 1 aliphatic rings. The molecular formula is C12H17ClN2O2S. The lowest BCUT2D eigenvalue weighted by Gasteiger charge is -2.19. The van der Waals surface area contributed by atoms with E-state index in [9.17, 15) is 8.42 Å². The number of halogens is 1. The van der Waals surface area contributed by atoms with E-state index in [1.807, 2.05) is 0 Å². The first-order valence-electron chi connectivity index (χ1n) is 6.01. The van der Waals surface area contributed by atoms with Gasteiger partial charge in [0.15, 0.2) is 0 Å². The lowest BCUT2D eigenvalue weighted by molar-refractivity contribution is 0.453. The minimum atomic E-state index is -3.55. The average Bonchev–Trinajstić information content (AvgIpc) is 2.76. The van der Waals surface area contributed by atoms with E-state index in [1.165, 1.54) is 6.07 Å². The fourth-order valence-electron chi connectivity index (χ4n) is 2.40. The van der Waals surface area contributed by atoms with Crippen molar-refractivity contribution in [3.05, 3.63) is 29.3 Å². The summed E-state index contributed by atoms with van der Waals surface area (Å²) >= 11 is 5.92. The van der Waals surface area contributed by atoms with Gasteiger partial charge in [-0.1, -0.05) is 30.2 Å². The maximum atomic E-state index is 12.2. The van der Waals surface area contributed by atoms with E-state index in [0.29, 0.717) is 6.54 Å². The molecule has 0 saturated heterocycles. The summed E-state index contributed by atoms with van der Waals surface area (Å²) in [6.45, 7) is 0.510. The van der Waals surface area contributed by atoms with Crippen LogP contribution in [0.25, 0.3) is 0 Å². The number of hydrogen-bond donors (Lipinski definition) is 2. The van der Waals surface area contributed by atoms with E-state index in [2.05, 4.69) is 4.72 Å². The first-order valence-corrected chi connectivity index (χ1v) is 7.87. The summed E-state index contributed by atoms with van der Waals surface area (Å²) in [7, 11) is -3.55. The predicted molar refractivity (Wildman–Crippen MR) is 72.0 cm³/mol. The van der Waals surface area contributed by atoms with E-state index in [1.54, 1.807) is 18.2 Å². The van der Waals surface area contributed by atoms with Crippen molar-refractivity contribution in [2.45, 2.75) is 30.2 Å². The van der Waals surface area contributed by atoms with Crippen molar-refractivity contribution in [1.29, 1.82) is 0 Å². The second-order valence-corrected chi connectivity index (χ2v) is 6.67. The van der Waals surface area contributed by atoms with Crippen molar-refractivity contribution < 1.29 is 8.42 Å². The monoisotopic (exact) mass is 288 g/mol. The highest BCUT2D eigenvalue weighted by atomic mass is 35.5. The van der Waals surface area contributed by atoms with E-state index in [-0.39, 0.29) is 21.9 Å². The Bertz CT molecular complexity index is 519. The van der Waals surface area contributed by atoms with Gasteiger partial charge in [0.1, 0.15) is 4.90 Å². The third-order valence-electron chi connectivity index (χ3n) is 3.39. The van der Waals surface area contributed by atoms with E-state index >= 15 is 0 Å². The summed E-state index contributed by atoms with van der Waals surface area (Å²) in [5.74, 6) is 0.224. The molecule has 2 rings (SSSR count). The van der Waals surface area contributed by atoms with Crippen molar-refractivity contribution >= 4 is 21.6 Å². The zero-order valence-electron chi connectivity index (χ0n) is 9.97. The number of nitrogens with two attached hydrogens (primary N) is 1. The van der Waals surface area contributed by atoms with Crippen LogP contribution in [0.5, 0.6) is 0 Å². The molecule has 6 heteroatoms. The van der Waals surface area contributed by atoms with Gasteiger partial charge in [0.05, 0.1) is 5.02 Å². The lowest BCUT2D eigenvalue weighted by atomic mass is 10.1. The summed E-state index contributed by atoms with van der Waals surface area (Å²) in [6, 6.07) is 6.38. The Morgan fingerprint density at radius 3 is 2.72 bits per heavy atom. The van der Waals surface area contributed by atoms with Gasteiger partial charge in [-0.15, -0.1) is 0 Å². The molecule has 1 saturated carbocycles. The number of nitrogens with one attached hydrogen (secondary N) is 1. The van der Waals surface area contributed by atoms with Crippen LogP contribution < -0.4 is 10.5 Å². The summed E-state index contributed by atoms with van der Waals surface area (Å²) in [5.41, 5.74) is 5.65. The molecule has 0 aromatic heterocycles.